The van der Waals surface area contributed by atoms with Crippen LogP contribution >= 0.6 is 0 Å². The Balaban J connectivity index is 2.06. The summed E-state index contributed by atoms with van der Waals surface area (Å²) in [6.07, 6.45) is 2.47. The van der Waals surface area contributed by atoms with E-state index in [4.69, 9.17) is 4.74 Å². The maximum Gasteiger partial charge on any atom is 0.120 e. The number of carbonyl (C=O) groups excluding carboxylic acids is 1. The molecule has 0 spiro atoms. The highest BCUT2D eigenvalue weighted by molar-refractivity contribution is 5.50. The number of carbonyl (C=O) groups is 1. The van der Waals surface area contributed by atoms with Gasteiger partial charge in [-0.2, -0.15) is 0 Å². The molecule has 1 aliphatic rings. The summed E-state index contributed by atoms with van der Waals surface area (Å²) in [5.74, 6) is 0. The summed E-state index contributed by atoms with van der Waals surface area (Å²) in [5, 5.41) is 0. The first-order valence-corrected chi connectivity index (χ1v) is 7.25. The van der Waals surface area contributed by atoms with Gasteiger partial charge < -0.3 is 19.3 Å². The molecule has 1 heterocycles. The van der Waals surface area contributed by atoms with Gasteiger partial charge in [0.25, 0.3) is 0 Å². The molecular formula is C16H24N2O2. The zero-order valence-electron chi connectivity index (χ0n) is 12.4. The predicted octanol–water partition coefficient (Wildman–Crippen LogP) is 2.10. The Morgan fingerprint density at radius 1 is 1.25 bits per heavy atom. The number of aldehydes is 1. The summed E-state index contributed by atoms with van der Waals surface area (Å²) < 4.78 is 5.38. The number of hydrogen-bond acceptors (Lipinski definition) is 4. The van der Waals surface area contributed by atoms with E-state index in [1.807, 2.05) is 0 Å². The summed E-state index contributed by atoms with van der Waals surface area (Å²) in [6.45, 7) is 3.53. The molecule has 20 heavy (non-hydrogen) atoms. The van der Waals surface area contributed by atoms with Crippen molar-refractivity contribution in [1.29, 1.82) is 0 Å². The minimum absolute atomic E-state index is 0.305. The first-order chi connectivity index (χ1) is 9.72. The van der Waals surface area contributed by atoms with E-state index in [9.17, 15) is 4.79 Å². The van der Waals surface area contributed by atoms with Crippen LogP contribution in [0.2, 0.25) is 0 Å². The standard InChI is InChI=1S/C16H24N2O2/c1-17(2)16(4-3-11-19)14-5-7-15(8-6-14)18-9-12-20-13-10-18/h5-8,11,16H,3-4,9-10,12-13H2,1-2H3/t16-/m0/s1. The average Bonchev–Trinajstić information content (AvgIpc) is 2.49. The number of benzene rings is 1. The van der Waals surface area contributed by atoms with Crippen molar-refractivity contribution >= 4 is 12.0 Å². The zero-order chi connectivity index (χ0) is 14.4. The maximum absolute atomic E-state index is 10.6. The van der Waals surface area contributed by atoms with E-state index < -0.39 is 0 Å². The lowest BCUT2D eigenvalue weighted by Crippen LogP contribution is -2.36. The van der Waals surface area contributed by atoms with Crippen molar-refractivity contribution in [2.24, 2.45) is 0 Å². The van der Waals surface area contributed by atoms with Crippen LogP contribution in [0.5, 0.6) is 0 Å². The highest BCUT2D eigenvalue weighted by Gasteiger charge is 2.15. The van der Waals surface area contributed by atoms with E-state index in [0.29, 0.717) is 12.5 Å². The maximum atomic E-state index is 10.6. The van der Waals surface area contributed by atoms with Gasteiger partial charge in [-0.1, -0.05) is 12.1 Å². The monoisotopic (exact) mass is 276 g/mol. The molecule has 110 valence electrons. The fourth-order valence-electron chi connectivity index (χ4n) is 2.68. The number of morpholine rings is 1. The Hall–Kier alpha value is -1.39. The van der Waals surface area contributed by atoms with Gasteiger partial charge in [0.05, 0.1) is 13.2 Å². The molecule has 2 rings (SSSR count). The van der Waals surface area contributed by atoms with Gasteiger partial charge in [0.2, 0.25) is 0 Å². The quantitative estimate of drug-likeness (QED) is 0.745. The second kappa shape index (κ2) is 7.41. The molecule has 4 nitrogen and oxygen atoms in total. The fourth-order valence-corrected chi connectivity index (χ4v) is 2.68. The van der Waals surface area contributed by atoms with Crippen molar-refractivity contribution in [3.63, 3.8) is 0 Å². The van der Waals surface area contributed by atoms with Crippen molar-refractivity contribution < 1.29 is 9.53 Å². The smallest absolute Gasteiger partial charge is 0.120 e. The molecule has 0 bridgehead atoms. The van der Waals surface area contributed by atoms with Crippen LogP contribution in [0.1, 0.15) is 24.4 Å². The molecule has 0 N–H and O–H groups in total. The molecule has 0 aliphatic carbocycles. The number of rotatable bonds is 6. The molecular weight excluding hydrogens is 252 g/mol. The first-order valence-electron chi connectivity index (χ1n) is 7.25. The minimum Gasteiger partial charge on any atom is -0.378 e. The van der Waals surface area contributed by atoms with E-state index in [1.165, 1.54) is 11.3 Å². The average molecular weight is 276 g/mol. The predicted molar refractivity (Wildman–Crippen MR) is 81.2 cm³/mol. The summed E-state index contributed by atoms with van der Waals surface area (Å²) in [4.78, 5) is 15.1. The molecule has 0 aromatic heterocycles. The molecule has 1 fully saturated rings. The lowest BCUT2D eigenvalue weighted by molar-refractivity contribution is -0.108. The van der Waals surface area contributed by atoms with E-state index in [0.717, 1.165) is 39.0 Å². The van der Waals surface area contributed by atoms with Gasteiger partial charge in [-0.3, -0.25) is 0 Å². The lowest BCUT2D eigenvalue weighted by atomic mass is 10.0. The van der Waals surface area contributed by atoms with Crippen LogP contribution in [0.3, 0.4) is 0 Å². The SMILES string of the molecule is CN(C)[C@@H](CCC=O)c1ccc(N2CCOCC2)cc1. The topological polar surface area (TPSA) is 32.8 Å². The third-order valence-electron chi connectivity index (χ3n) is 3.84. The van der Waals surface area contributed by atoms with Crippen LogP contribution in [0, 0.1) is 0 Å². The molecule has 4 heteroatoms. The third-order valence-corrected chi connectivity index (χ3v) is 3.84. The Kier molecular flexibility index (Phi) is 5.56. The molecule has 0 unspecified atom stereocenters. The van der Waals surface area contributed by atoms with Gasteiger partial charge in [-0.15, -0.1) is 0 Å². The van der Waals surface area contributed by atoms with Crippen molar-refractivity contribution in [3.8, 4) is 0 Å². The largest absolute Gasteiger partial charge is 0.378 e. The van der Waals surface area contributed by atoms with E-state index in [-0.39, 0.29) is 0 Å². The number of hydrogen-bond donors (Lipinski definition) is 0. The van der Waals surface area contributed by atoms with Gasteiger partial charge in [0, 0.05) is 31.2 Å². The molecule has 0 radical (unpaired) electrons. The third kappa shape index (κ3) is 3.81. The van der Waals surface area contributed by atoms with Crippen LogP contribution < -0.4 is 4.90 Å². The van der Waals surface area contributed by atoms with Gasteiger partial charge in [-0.25, -0.2) is 0 Å². The minimum atomic E-state index is 0.305. The van der Waals surface area contributed by atoms with Crippen molar-refractivity contribution in [1.82, 2.24) is 4.90 Å². The first kappa shape index (κ1) is 15.0. The fraction of sp³-hybridized carbons (Fsp3) is 0.562. The van der Waals surface area contributed by atoms with Crippen LogP contribution in [0.15, 0.2) is 24.3 Å². The number of anilines is 1. The summed E-state index contributed by atoms with van der Waals surface area (Å²) in [7, 11) is 4.12. The Bertz CT molecular complexity index is 411. The van der Waals surface area contributed by atoms with Crippen molar-refractivity contribution in [3.05, 3.63) is 29.8 Å². The van der Waals surface area contributed by atoms with Gasteiger partial charge in [-0.05, 0) is 38.2 Å². The zero-order valence-corrected chi connectivity index (χ0v) is 12.4. The van der Waals surface area contributed by atoms with Crippen LogP contribution in [-0.4, -0.2) is 51.6 Å². The van der Waals surface area contributed by atoms with Crippen LogP contribution in [-0.2, 0) is 9.53 Å². The Morgan fingerprint density at radius 3 is 2.45 bits per heavy atom. The molecule has 1 aromatic rings. The van der Waals surface area contributed by atoms with E-state index >= 15 is 0 Å². The summed E-state index contributed by atoms with van der Waals surface area (Å²) in [6, 6.07) is 9.02. The molecule has 1 atom stereocenters. The lowest BCUT2D eigenvalue weighted by Gasteiger charge is -2.30. The molecule has 1 aromatic carbocycles. The van der Waals surface area contributed by atoms with Crippen molar-refractivity contribution in [2.45, 2.75) is 18.9 Å². The Labute approximate surface area is 121 Å². The molecule has 1 aliphatic heterocycles. The van der Waals surface area contributed by atoms with Crippen molar-refractivity contribution in [2.75, 3.05) is 45.3 Å². The second-order valence-electron chi connectivity index (χ2n) is 5.41. The molecule has 0 amide bonds. The van der Waals surface area contributed by atoms with Gasteiger partial charge in [0.1, 0.15) is 6.29 Å². The highest BCUT2D eigenvalue weighted by Crippen LogP contribution is 2.25. The number of nitrogens with zero attached hydrogens (tertiary/aromatic N) is 2. The van der Waals surface area contributed by atoms with Gasteiger partial charge in [0.15, 0.2) is 0 Å². The van der Waals surface area contributed by atoms with Gasteiger partial charge >= 0.3 is 0 Å². The summed E-state index contributed by atoms with van der Waals surface area (Å²) in [5.41, 5.74) is 2.53. The number of ether oxygens (including phenoxy) is 1. The Morgan fingerprint density at radius 2 is 1.90 bits per heavy atom. The molecule has 1 saturated heterocycles. The van der Waals surface area contributed by atoms with Crippen LogP contribution in [0.4, 0.5) is 5.69 Å². The second-order valence-corrected chi connectivity index (χ2v) is 5.41. The summed E-state index contributed by atoms with van der Waals surface area (Å²) >= 11 is 0. The van der Waals surface area contributed by atoms with Crippen LogP contribution in [0.25, 0.3) is 0 Å². The van der Waals surface area contributed by atoms with E-state index in [2.05, 4.69) is 48.2 Å². The normalized spacial score (nSPS) is 17.2. The highest BCUT2D eigenvalue weighted by atomic mass is 16.5. The van der Waals surface area contributed by atoms with E-state index in [1.54, 1.807) is 0 Å². The molecule has 0 saturated carbocycles.